The molecule has 2 unspecified atom stereocenters. The molecule has 0 aromatic heterocycles. The second kappa shape index (κ2) is 5.30. The topological polar surface area (TPSA) is 79.6 Å². The number of amides is 2. The Morgan fingerprint density at radius 1 is 1.26 bits per heavy atom. The summed E-state index contributed by atoms with van der Waals surface area (Å²) in [5, 5.41) is 10.9. The number of anilines is 1. The fourth-order valence-corrected chi connectivity index (χ4v) is 5.11. The number of hydrogen-bond acceptors (Lipinski definition) is 5. The summed E-state index contributed by atoms with van der Waals surface area (Å²) in [5.74, 6) is -0.933. The zero-order valence-corrected chi connectivity index (χ0v) is 15.1. The number of nitrogens with zero attached hydrogens (tertiary/aromatic N) is 2. The number of methoxy groups -OCH3 is 1. The van der Waals surface area contributed by atoms with Gasteiger partial charge in [0.1, 0.15) is 17.4 Å². The van der Waals surface area contributed by atoms with E-state index in [1.807, 2.05) is 25.1 Å². The van der Waals surface area contributed by atoms with Crippen LogP contribution in [-0.4, -0.2) is 30.6 Å². The monoisotopic (exact) mass is 362 g/mol. The first-order chi connectivity index (χ1) is 13.0. The molecule has 2 aromatic carbocycles. The standard InChI is InChI=1S/C21H18N2O4/c1-21-8-7-15(27-21)17-18(21)20(25)23(19(17)24)14-9-16(26-2)13(10-22)11-5-3-4-6-12(11)14/h3-6,9,15,17-18H,7-8H2,1-2H3/t15?,17-,18+,21?/m1/s1. The molecule has 2 bridgehead atoms. The van der Waals surface area contributed by atoms with E-state index in [0.717, 1.165) is 12.8 Å². The van der Waals surface area contributed by atoms with Crippen molar-refractivity contribution < 1.29 is 19.1 Å². The summed E-state index contributed by atoms with van der Waals surface area (Å²) in [6, 6.07) is 11.1. The van der Waals surface area contributed by atoms with E-state index in [1.54, 1.807) is 12.1 Å². The molecule has 6 nitrogen and oxygen atoms in total. The molecule has 3 aliphatic heterocycles. The highest BCUT2D eigenvalue weighted by Gasteiger charge is 2.67. The van der Waals surface area contributed by atoms with Crippen molar-refractivity contribution in [2.24, 2.45) is 11.8 Å². The van der Waals surface area contributed by atoms with Crippen LogP contribution in [-0.2, 0) is 14.3 Å². The van der Waals surface area contributed by atoms with Gasteiger partial charge in [-0.05, 0) is 19.8 Å². The highest BCUT2D eigenvalue weighted by atomic mass is 16.5. The fourth-order valence-electron chi connectivity index (χ4n) is 5.11. The number of nitriles is 1. The number of hydrogen-bond donors (Lipinski definition) is 0. The minimum Gasteiger partial charge on any atom is -0.495 e. The summed E-state index contributed by atoms with van der Waals surface area (Å²) in [7, 11) is 1.48. The molecule has 3 heterocycles. The molecule has 2 aromatic rings. The zero-order valence-electron chi connectivity index (χ0n) is 15.1. The van der Waals surface area contributed by atoms with Gasteiger partial charge in [0.2, 0.25) is 11.8 Å². The predicted octanol–water partition coefficient (Wildman–Crippen LogP) is 2.78. The Hall–Kier alpha value is -2.91. The number of carbonyl (C=O) groups excluding carboxylic acids is 2. The number of rotatable bonds is 2. The van der Waals surface area contributed by atoms with Gasteiger partial charge in [-0.15, -0.1) is 0 Å². The van der Waals surface area contributed by atoms with Crippen LogP contribution in [0, 0.1) is 23.2 Å². The maximum atomic E-state index is 13.3. The van der Waals surface area contributed by atoms with E-state index in [1.165, 1.54) is 12.0 Å². The number of ether oxygens (including phenoxy) is 2. The Kier molecular flexibility index (Phi) is 3.20. The van der Waals surface area contributed by atoms with Crippen LogP contribution in [0.3, 0.4) is 0 Å². The third-order valence-electron chi connectivity index (χ3n) is 6.31. The highest BCUT2D eigenvalue weighted by molar-refractivity contribution is 6.26. The van der Waals surface area contributed by atoms with Gasteiger partial charge in [-0.1, -0.05) is 24.3 Å². The highest BCUT2D eigenvalue weighted by Crippen LogP contribution is 2.56. The van der Waals surface area contributed by atoms with Crippen LogP contribution in [0.4, 0.5) is 5.69 Å². The van der Waals surface area contributed by atoms with Crippen molar-refractivity contribution in [1.29, 1.82) is 5.26 Å². The largest absolute Gasteiger partial charge is 0.495 e. The van der Waals surface area contributed by atoms with Gasteiger partial charge in [0, 0.05) is 16.8 Å². The van der Waals surface area contributed by atoms with Crippen molar-refractivity contribution in [1.82, 2.24) is 0 Å². The summed E-state index contributed by atoms with van der Waals surface area (Å²) >= 11 is 0. The Balaban J connectivity index is 1.72. The van der Waals surface area contributed by atoms with E-state index in [9.17, 15) is 14.9 Å². The van der Waals surface area contributed by atoms with E-state index in [4.69, 9.17) is 9.47 Å². The molecule has 136 valence electrons. The molecule has 3 saturated heterocycles. The Bertz CT molecular complexity index is 1060. The first kappa shape index (κ1) is 16.3. The van der Waals surface area contributed by atoms with E-state index in [2.05, 4.69) is 6.07 Å². The summed E-state index contributed by atoms with van der Waals surface area (Å²) < 4.78 is 11.4. The quantitative estimate of drug-likeness (QED) is 0.768. The average molecular weight is 362 g/mol. The van der Waals surface area contributed by atoms with Crippen LogP contribution in [0.25, 0.3) is 10.8 Å². The molecule has 5 rings (SSSR count). The molecule has 6 heteroatoms. The first-order valence-electron chi connectivity index (χ1n) is 9.05. The molecule has 0 N–H and O–H groups in total. The number of benzene rings is 2. The minimum absolute atomic E-state index is 0.187. The lowest BCUT2D eigenvalue weighted by Gasteiger charge is -2.26. The lowest BCUT2D eigenvalue weighted by Crippen LogP contribution is -2.39. The van der Waals surface area contributed by atoms with Crippen molar-refractivity contribution in [3.05, 3.63) is 35.9 Å². The van der Waals surface area contributed by atoms with Crippen LogP contribution in [0.5, 0.6) is 5.75 Å². The smallest absolute Gasteiger partial charge is 0.240 e. The third-order valence-corrected chi connectivity index (χ3v) is 6.31. The SMILES string of the molecule is COc1cc(N2C(=O)[C@@H]3C4CCC(C)(O4)[C@@H]3C2=O)c2ccccc2c1C#N. The lowest BCUT2D eigenvalue weighted by molar-refractivity contribution is -0.126. The van der Waals surface area contributed by atoms with Gasteiger partial charge < -0.3 is 9.47 Å². The molecule has 3 fully saturated rings. The van der Waals surface area contributed by atoms with Crippen LogP contribution in [0.15, 0.2) is 30.3 Å². The lowest BCUT2D eigenvalue weighted by atomic mass is 9.74. The van der Waals surface area contributed by atoms with Gasteiger partial charge in [0.05, 0.1) is 36.3 Å². The van der Waals surface area contributed by atoms with Crippen LogP contribution < -0.4 is 9.64 Å². The summed E-state index contributed by atoms with van der Waals surface area (Å²) in [5.41, 5.74) is 0.309. The van der Waals surface area contributed by atoms with Gasteiger partial charge in [-0.3, -0.25) is 9.59 Å². The molecule has 0 radical (unpaired) electrons. The van der Waals surface area contributed by atoms with Gasteiger partial charge in [0.15, 0.2) is 0 Å². The average Bonchev–Trinajstić information content (AvgIpc) is 3.29. The van der Waals surface area contributed by atoms with Crippen LogP contribution >= 0.6 is 0 Å². The number of fused-ring (bicyclic) bond motifs is 6. The van der Waals surface area contributed by atoms with E-state index >= 15 is 0 Å². The maximum absolute atomic E-state index is 13.3. The molecule has 0 spiro atoms. The molecule has 2 amide bonds. The Morgan fingerprint density at radius 2 is 2.00 bits per heavy atom. The molecular weight excluding hydrogens is 344 g/mol. The molecule has 27 heavy (non-hydrogen) atoms. The van der Waals surface area contributed by atoms with Gasteiger partial charge in [0.25, 0.3) is 0 Å². The van der Waals surface area contributed by atoms with E-state index in [0.29, 0.717) is 27.8 Å². The van der Waals surface area contributed by atoms with Crippen LogP contribution in [0.1, 0.15) is 25.3 Å². The summed E-state index contributed by atoms with van der Waals surface area (Å²) in [6.45, 7) is 1.93. The van der Waals surface area contributed by atoms with Crippen molar-refractivity contribution >= 4 is 28.3 Å². The van der Waals surface area contributed by atoms with Gasteiger partial charge in [-0.25, -0.2) is 4.90 Å². The summed E-state index contributed by atoms with van der Waals surface area (Å²) in [4.78, 5) is 27.8. The molecule has 0 aliphatic carbocycles. The molecule has 0 saturated carbocycles. The van der Waals surface area contributed by atoms with Crippen molar-refractivity contribution in [3.8, 4) is 11.8 Å². The van der Waals surface area contributed by atoms with Crippen LogP contribution in [0.2, 0.25) is 0 Å². The Labute approximate surface area is 156 Å². The van der Waals surface area contributed by atoms with Crippen molar-refractivity contribution in [2.75, 3.05) is 12.0 Å². The molecular formula is C21H18N2O4. The van der Waals surface area contributed by atoms with E-state index < -0.39 is 17.4 Å². The third kappa shape index (κ3) is 1.92. The second-order valence-electron chi connectivity index (χ2n) is 7.65. The van der Waals surface area contributed by atoms with E-state index in [-0.39, 0.29) is 17.9 Å². The van der Waals surface area contributed by atoms with Crippen molar-refractivity contribution in [3.63, 3.8) is 0 Å². The Morgan fingerprint density at radius 3 is 2.67 bits per heavy atom. The summed E-state index contributed by atoms with van der Waals surface area (Å²) in [6.07, 6.45) is 1.42. The minimum atomic E-state index is -0.566. The van der Waals surface area contributed by atoms with Crippen molar-refractivity contribution in [2.45, 2.75) is 31.5 Å². The van der Waals surface area contributed by atoms with Gasteiger partial charge in [-0.2, -0.15) is 5.26 Å². The second-order valence-corrected chi connectivity index (χ2v) is 7.65. The molecule has 4 atom stereocenters. The maximum Gasteiger partial charge on any atom is 0.240 e. The zero-order chi connectivity index (χ0) is 18.9. The van der Waals surface area contributed by atoms with Gasteiger partial charge >= 0.3 is 0 Å². The predicted molar refractivity (Wildman–Crippen MR) is 97.2 cm³/mol. The molecule has 3 aliphatic rings. The normalized spacial score (nSPS) is 31.4. The first-order valence-corrected chi connectivity index (χ1v) is 9.05. The fraction of sp³-hybridized carbons (Fsp3) is 0.381. The number of carbonyl (C=O) groups is 2. The number of imide groups is 1.